The van der Waals surface area contributed by atoms with Crippen LogP contribution < -0.4 is 16.4 Å². The molecular formula is C13H20ClN3O3. The van der Waals surface area contributed by atoms with Crippen molar-refractivity contribution in [2.24, 2.45) is 5.73 Å². The van der Waals surface area contributed by atoms with Gasteiger partial charge in [-0.05, 0) is 18.1 Å². The van der Waals surface area contributed by atoms with Gasteiger partial charge in [0.15, 0.2) is 0 Å². The number of hydrogen-bond donors (Lipinski definition) is 4. The Balaban J connectivity index is 0.00000361. The molecule has 0 aromatic heterocycles. The van der Waals surface area contributed by atoms with Crippen molar-refractivity contribution >= 4 is 24.2 Å². The van der Waals surface area contributed by atoms with Gasteiger partial charge in [0.1, 0.15) is 0 Å². The van der Waals surface area contributed by atoms with Gasteiger partial charge in [-0.1, -0.05) is 24.3 Å². The van der Waals surface area contributed by atoms with E-state index < -0.39 is 12.0 Å². The molecule has 1 aromatic carbocycles. The molecule has 1 atom stereocenters. The predicted octanol–water partition coefficient (Wildman–Crippen LogP) is -0.359. The third-order valence-electron chi connectivity index (χ3n) is 2.67. The van der Waals surface area contributed by atoms with E-state index in [1.54, 1.807) is 0 Å². The summed E-state index contributed by atoms with van der Waals surface area (Å²) in [5.41, 5.74) is 6.82. The van der Waals surface area contributed by atoms with Crippen LogP contribution in [0.15, 0.2) is 24.3 Å². The van der Waals surface area contributed by atoms with Crippen molar-refractivity contribution in [1.82, 2.24) is 10.6 Å². The van der Waals surface area contributed by atoms with Crippen molar-refractivity contribution in [1.29, 1.82) is 0 Å². The lowest BCUT2D eigenvalue weighted by Crippen LogP contribution is -2.40. The van der Waals surface area contributed by atoms with Gasteiger partial charge in [-0.3, -0.25) is 9.59 Å². The van der Waals surface area contributed by atoms with Gasteiger partial charge in [0.25, 0.3) is 0 Å². The van der Waals surface area contributed by atoms with Crippen LogP contribution >= 0.6 is 12.4 Å². The van der Waals surface area contributed by atoms with Gasteiger partial charge in [-0.2, -0.15) is 0 Å². The molecule has 0 bridgehead atoms. The van der Waals surface area contributed by atoms with E-state index in [4.69, 9.17) is 5.73 Å². The van der Waals surface area contributed by atoms with Crippen LogP contribution in [0.3, 0.4) is 0 Å². The summed E-state index contributed by atoms with van der Waals surface area (Å²) < 4.78 is 0. The maximum absolute atomic E-state index is 11.4. The molecule has 0 radical (unpaired) electrons. The highest BCUT2D eigenvalue weighted by molar-refractivity contribution is 5.85. The zero-order chi connectivity index (χ0) is 14.3. The fourth-order valence-electron chi connectivity index (χ4n) is 1.59. The molecule has 0 spiro atoms. The molecule has 1 unspecified atom stereocenters. The molecule has 5 N–H and O–H groups in total. The first-order valence-corrected chi connectivity index (χ1v) is 6.01. The number of hydrogen-bond acceptors (Lipinski definition) is 4. The highest BCUT2D eigenvalue weighted by atomic mass is 35.5. The topological polar surface area (TPSA) is 104 Å². The number of nitrogens with one attached hydrogen (secondary N) is 2. The van der Waals surface area contributed by atoms with Gasteiger partial charge in [0, 0.05) is 6.54 Å². The van der Waals surface area contributed by atoms with Crippen molar-refractivity contribution < 1.29 is 14.7 Å². The fraction of sp³-hybridized carbons (Fsp3) is 0.385. The summed E-state index contributed by atoms with van der Waals surface area (Å²) in [5.74, 6) is -0.760. The van der Waals surface area contributed by atoms with Crippen LogP contribution in [0.5, 0.6) is 0 Å². The Morgan fingerprint density at radius 1 is 1.25 bits per heavy atom. The highest BCUT2D eigenvalue weighted by Gasteiger charge is 2.11. The summed E-state index contributed by atoms with van der Waals surface area (Å²) in [6, 6.07) is 7.41. The number of benzene rings is 1. The molecule has 7 heteroatoms. The van der Waals surface area contributed by atoms with Crippen LogP contribution in [0.25, 0.3) is 0 Å². The summed E-state index contributed by atoms with van der Waals surface area (Å²) in [6.07, 6.45) is -0.768. The minimum absolute atomic E-state index is 0. The maximum Gasteiger partial charge on any atom is 0.239 e. The Morgan fingerprint density at radius 3 is 2.50 bits per heavy atom. The molecule has 20 heavy (non-hydrogen) atoms. The predicted molar refractivity (Wildman–Crippen MR) is 78.5 cm³/mol. The molecule has 1 aromatic rings. The van der Waals surface area contributed by atoms with Crippen LogP contribution in [-0.2, 0) is 9.59 Å². The molecule has 1 rings (SSSR count). The highest BCUT2D eigenvalue weighted by Crippen LogP contribution is 2.15. The number of carbonyl (C=O) groups is 2. The van der Waals surface area contributed by atoms with Gasteiger partial charge >= 0.3 is 0 Å². The number of aliphatic hydroxyl groups excluding tert-OH is 1. The smallest absolute Gasteiger partial charge is 0.239 e. The maximum atomic E-state index is 11.4. The first-order valence-electron chi connectivity index (χ1n) is 6.01. The number of aryl methyl sites for hydroxylation is 1. The largest absolute Gasteiger partial charge is 0.387 e. The van der Waals surface area contributed by atoms with Crippen LogP contribution in [0.2, 0.25) is 0 Å². The lowest BCUT2D eigenvalue weighted by Gasteiger charge is -2.14. The van der Waals surface area contributed by atoms with E-state index in [0.29, 0.717) is 0 Å². The zero-order valence-electron chi connectivity index (χ0n) is 11.3. The second kappa shape index (κ2) is 9.30. The van der Waals surface area contributed by atoms with E-state index in [0.717, 1.165) is 11.1 Å². The third-order valence-corrected chi connectivity index (χ3v) is 2.67. The first-order chi connectivity index (χ1) is 9.04. The minimum atomic E-state index is -0.768. The molecule has 0 saturated heterocycles. The lowest BCUT2D eigenvalue weighted by atomic mass is 10.0. The number of nitrogens with two attached hydrogens (primary N) is 1. The Hall–Kier alpha value is -1.63. The van der Waals surface area contributed by atoms with Crippen molar-refractivity contribution in [3.8, 4) is 0 Å². The fourth-order valence-corrected chi connectivity index (χ4v) is 1.59. The molecule has 0 saturated carbocycles. The van der Waals surface area contributed by atoms with Crippen LogP contribution in [-0.4, -0.2) is 36.6 Å². The average molecular weight is 302 g/mol. The van der Waals surface area contributed by atoms with Crippen molar-refractivity contribution in [2.75, 3.05) is 19.6 Å². The molecule has 0 heterocycles. The van der Waals surface area contributed by atoms with Crippen molar-refractivity contribution in [3.05, 3.63) is 35.4 Å². The van der Waals surface area contributed by atoms with Crippen LogP contribution in [0, 0.1) is 6.92 Å². The summed E-state index contributed by atoms with van der Waals surface area (Å²) in [4.78, 5) is 22.3. The number of halogens is 1. The number of aliphatic hydroxyl groups is 1. The van der Waals surface area contributed by atoms with Gasteiger partial charge in [0.2, 0.25) is 11.8 Å². The third kappa shape index (κ3) is 6.01. The van der Waals surface area contributed by atoms with Gasteiger partial charge < -0.3 is 21.5 Å². The monoisotopic (exact) mass is 301 g/mol. The molecule has 112 valence electrons. The van der Waals surface area contributed by atoms with E-state index >= 15 is 0 Å². The van der Waals surface area contributed by atoms with E-state index in [1.165, 1.54) is 0 Å². The Kier molecular flexibility index (Phi) is 8.54. The molecule has 0 fully saturated rings. The Bertz CT molecular complexity index is 454. The minimum Gasteiger partial charge on any atom is -0.387 e. The SMILES string of the molecule is Cc1ccccc1C(O)CNC(=O)CNC(=O)CN.Cl. The number of rotatable bonds is 6. The zero-order valence-corrected chi connectivity index (χ0v) is 12.1. The quantitative estimate of drug-likeness (QED) is 0.576. The normalized spacial score (nSPS) is 11.2. The molecule has 0 aliphatic carbocycles. The first kappa shape index (κ1) is 18.4. The molecule has 6 nitrogen and oxygen atoms in total. The van der Waals surface area contributed by atoms with Gasteiger partial charge in [-0.25, -0.2) is 0 Å². The number of amides is 2. The van der Waals surface area contributed by atoms with E-state index in [2.05, 4.69) is 10.6 Å². The second-order valence-corrected chi connectivity index (χ2v) is 4.16. The van der Waals surface area contributed by atoms with Crippen molar-refractivity contribution in [2.45, 2.75) is 13.0 Å². The number of carbonyl (C=O) groups excluding carboxylic acids is 2. The summed E-state index contributed by atoms with van der Waals surface area (Å²) in [5, 5.41) is 14.8. The average Bonchev–Trinajstić information content (AvgIpc) is 2.42. The van der Waals surface area contributed by atoms with Gasteiger partial charge in [-0.15, -0.1) is 12.4 Å². The summed E-state index contributed by atoms with van der Waals surface area (Å²) >= 11 is 0. The molecule has 0 aliphatic rings. The second-order valence-electron chi connectivity index (χ2n) is 4.16. The molecule has 0 aliphatic heterocycles. The van der Waals surface area contributed by atoms with E-state index in [9.17, 15) is 14.7 Å². The standard InChI is InChI=1S/C13H19N3O3.ClH/c1-9-4-2-3-5-10(9)11(17)7-15-13(19)8-16-12(18)6-14;/h2-5,11,17H,6-8,14H2,1H3,(H,15,19)(H,16,18);1H. The molecular weight excluding hydrogens is 282 g/mol. The van der Waals surface area contributed by atoms with E-state index in [-0.39, 0.29) is 37.9 Å². The van der Waals surface area contributed by atoms with Crippen LogP contribution in [0.4, 0.5) is 0 Å². The Morgan fingerprint density at radius 2 is 1.90 bits per heavy atom. The van der Waals surface area contributed by atoms with Crippen LogP contribution in [0.1, 0.15) is 17.2 Å². The summed E-state index contributed by atoms with van der Waals surface area (Å²) in [7, 11) is 0. The van der Waals surface area contributed by atoms with Gasteiger partial charge in [0.05, 0.1) is 19.2 Å². The van der Waals surface area contributed by atoms with Crippen molar-refractivity contribution in [3.63, 3.8) is 0 Å². The van der Waals surface area contributed by atoms with E-state index in [1.807, 2.05) is 31.2 Å². The Labute approximate surface area is 124 Å². The molecule has 2 amide bonds. The lowest BCUT2D eigenvalue weighted by molar-refractivity contribution is -0.125. The summed E-state index contributed by atoms with van der Waals surface area (Å²) in [6.45, 7) is 1.69.